The lowest BCUT2D eigenvalue weighted by atomic mass is 10.2. The highest BCUT2D eigenvalue weighted by Gasteiger charge is 2.05. The molecule has 0 aliphatic heterocycles. The Balaban J connectivity index is 1.62. The fourth-order valence-electron chi connectivity index (χ4n) is 1.80. The lowest BCUT2D eigenvalue weighted by molar-refractivity contribution is -0.123. The number of carbonyl (C=O) groups excluding carboxylic acids is 2. The molecular weight excluding hydrogens is 360 g/mol. The topological polar surface area (TPSA) is 67.4 Å². The van der Waals surface area contributed by atoms with Crippen LogP contribution in [0.25, 0.3) is 0 Å². The Morgan fingerprint density at radius 2 is 1.57 bits per heavy atom. The Kier molecular flexibility index (Phi) is 6.62. The van der Waals surface area contributed by atoms with E-state index in [-0.39, 0.29) is 18.4 Å². The van der Waals surface area contributed by atoms with Crippen LogP contribution < -0.4 is 15.4 Å². The number of halogens is 1. The van der Waals surface area contributed by atoms with E-state index in [4.69, 9.17) is 4.74 Å². The molecule has 0 unspecified atom stereocenters. The predicted molar refractivity (Wildman–Crippen MR) is 91.4 cm³/mol. The van der Waals surface area contributed by atoms with Gasteiger partial charge in [-0.3, -0.25) is 9.59 Å². The molecule has 0 saturated heterocycles. The molecule has 120 valence electrons. The molecule has 23 heavy (non-hydrogen) atoms. The molecule has 0 heterocycles. The summed E-state index contributed by atoms with van der Waals surface area (Å²) in [7, 11) is 0. The van der Waals surface area contributed by atoms with Gasteiger partial charge < -0.3 is 15.4 Å². The van der Waals surface area contributed by atoms with Gasteiger partial charge in [-0.25, -0.2) is 0 Å². The van der Waals surface area contributed by atoms with Crippen LogP contribution in [0.5, 0.6) is 5.75 Å². The van der Waals surface area contributed by atoms with Crippen LogP contribution in [0, 0.1) is 0 Å². The highest BCUT2D eigenvalue weighted by Crippen LogP contribution is 2.10. The van der Waals surface area contributed by atoms with Crippen molar-refractivity contribution in [1.29, 1.82) is 0 Å². The monoisotopic (exact) mass is 376 g/mol. The summed E-state index contributed by atoms with van der Waals surface area (Å²) in [6.07, 6.45) is 0. The van der Waals surface area contributed by atoms with Crippen LogP contribution in [-0.2, 0) is 4.79 Å². The van der Waals surface area contributed by atoms with E-state index >= 15 is 0 Å². The van der Waals surface area contributed by atoms with Crippen LogP contribution in [0.1, 0.15) is 10.4 Å². The Hall–Kier alpha value is -2.34. The van der Waals surface area contributed by atoms with Crippen LogP contribution in [-0.4, -0.2) is 31.5 Å². The van der Waals surface area contributed by atoms with Crippen molar-refractivity contribution in [2.75, 3.05) is 19.7 Å². The largest absolute Gasteiger partial charge is 0.484 e. The second kappa shape index (κ2) is 8.95. The molecule has 5 nitrogen and oxygen atoms in total. The highest BCUT2D eigenvalue weighted by atomic mass is 79.9. The van der Waals surface area contributed by atoms with E-state index in [0.717, 1.165) is 4.47 Å². The van der Waals surface area contributed by atoms with Crippen molar-refractivity contribution in [2.24, 2.45) is 0 Å². The summed E-state index contributed by atoms with van der Waals surface area (Å²) >= 11 is 3.31. The minimum absolute atomic E-state index is 0.0509. The van der Waals surface area contributed by atoms with E-state index in [2.05, 4.69) is 26.6 Å². The Bertz CT molecular complexity index is 645. The zero-order valence-corrected chi connectivity index (χ0v) is 14.0. The number of carbonyl (C=O) groups is 2. The normalized spacial score (nSPS) is 9.96. The maximum Gasteiger partial charge on any atom is 0.258 e. The van der Waals surface area contributed by atoms with Gasteiger partial charge in [0.1, 0.15) is 5.75 Å². The molecule has 0 bridgehead atoms. The molecule has 0 aliphatic carbocycles. The molecule has 2 rings (SSSR count). The number of ether oxygens (including phenoxy) is 1. The molecule has 0 radical (unpaired) electrons. The van der Waals surface area contributed by atoms with Crippen LogP contribution in [0.15, 0.2) is 59.1 Å². The van der Waals surface area contributed by atoms with E-state index < -0.39 is 0 Å². The lowest BCUT2D eigenvalue weighted by Crippen LogP contribution is -2.36. The second-order valence-electron chi connectivity index (χ2n) is 4.71. The molecule has 2 N–H and O–H groups in total. The third kappa shape index (κ3) is 6.12. The third-order valence-electron chi connectivity index (χ3n) is 2.95. The summed E-state index contributed by atoms with van der Waals surface area (Å²) in [4.78, 5) is 23.5. The van der Waals surface area contributed by atoms with E-state index in [1.807, 2.05) is 18.2 Å². The van der Waals surface area contributed by atoms with Gasteiger partial charge >= 0.3 is 0 Å². The summed E-state index contributed by atoms with van der Waals surface area (Å²) in [6, 6.07) is 16.2. The Morgan fingerprint density at radius 3 is 2.26 bits per heavy atom. The third-order valence-corrected chi connectivity index (χ3v) is 3.48. The first-order chi connectivity index (χ1) is 11.1. The fourth-order valence-corrected chi connectivity index (χ4v) is 2.06. The van der Waals surface area contributed by atoms with Gasteiger partial charge in [0.05, 0.1) is 0 Å². The summed E-state index contributed by atoms with van der Waals surface area (Å²) in [5, 5.41) is 5.42. The van der Waals surface area contributed by atoms with Crippen LogP contribution >= 0.6 is 15.9 Å². The number of nitrogens with one attached hydrogen (secondary N) is 2. The van der Waals surface area contributed by atoms with Crippen molar-refractivity contribution in [1.82, 2.24) is 10.6 Å². The fraction of sp³-hybridized carbons (Fsp3) is 0.176. The van der Waals surface area contributed by atoms with Gasteiger partial charge in [-0.1, -0.05) is 34.1 Å². The minimum Gasteiger partial charge on any atom is -0.484 e. The summed E-state index contributed by atoms with van der Waals surface area (Å²) < 4.78 is 6.24. The first kappa shape index (κ1) is 17.0. The van der Waals surface area contributed by atoms with Crippen molar-refractivity contribution in [2.45, 2.75) is 0 Å². The van der Waals surface area contributed by atoms with Gasteiger partial charge in [0.25, 0.3) is 11.8 Å². The molecule has 2 aromatic rings. The van der Waals surface area contributed by atoms with Gasteiger partial charge in [0.2, 0.25) is 0 Å². The van der Waals surface area contributed by atoms with Gasteiger partial charge in [-0.15, -0.1) is 0 Å². The quantitative estimate of drug-likeness (QED) is 0.729. The zero-order valence-electron chi connectivity index (χ0n) is 12.4. The predicted octanol–water partition coefficient (Wildman–Crippen LogP) is 2.37. The summed E-state index contributed by atoms with van der Waals surface area (Å²) in [5.41, 5.74) is 0.576. The minimum atomic E-state index is -0.230. The molecule has 0 fully saturated rings. The van der Waals surface area contributed by atoms with Crippen LogP contribution in [0.3, 0.4) is 0 Å². The molecule has 0 saturated carbocycles. The van der Waals surface area contributed by atoms with Crippen LogP contribution in [0.2, 0.25) is 0 Å². The molecule has 2 amide bonds. The Labute approximate surface area is 143 Å². The molecule has 0 aromatic heterocycles. The lowest BCUT2D eigenvalue weighted by Gasteiger charge is -2.08. The van der Waals surface area contributed by atoms with Crippen molar-refractivity contribution < 1.29 is 14.3 Å². The number of hydrogen-bond donors (Lipinski definition) is 2. The SMILES string of the molecule is O=C(COc1ccccc1)NCCNC(=O)c1ccc(Br)cc1. The average molecular weight is 377 g/mol. The molecule has 2 aromatic carbocycles. The maximum absolute atomic E-state index is 11.8. The van der Waals surface area contributed by atoms with Gasteiger partial charge in [0, 0.05) is 23.1 Å². The number of para-hydroxylation sites is 1. The van der Waals surface area contributed by atoms with E-state index in [1.165, 1.54) is 0 Å². The first-order valence-electron chi connectivity index (χ1n) is 7.13. The van der Waals surface area contributed by atoms with Gasteiger partial charge in [0.15, 0.2) is 6.61 Å². The number of hydrogen-bond acceptors (Lipinski definition) is 3. The number of benzene rings is 2. The van der Waals surface area contributed by atoms with Crippen molar-refractivity contribution in [3.8, 4) is 5.75 Å². The smallest absolute Gasteiger partial charge is 0.258 e. The standard InChI is InChI=1S/C17H17BrN2O3/c18-14-8-6-13(7-9-14)17(22)20-11-10-19-16(21)12-23-15-4-2-1-3-5-15/h1-9H,10-12H2,(H,19,21)(H,20,22). The van der Waals surface area contributed by atoms with Gasteiger partial charge in [-0.2, -0.15) is 0 Å². The number of rotatable bonds is 7. The maximum atomic E-state index is 11.8. The molecule has 6 heteroatoms. The van der Waals surface area contributed by atoms with Crippen molar-refractivity contribution in [3.05, 3.63) is 64.6 Å². The van der Waals surface area contributed by atoms with E-state index in [9.17, 15) is 9.59 Å². The summed E-state index contributed by atoms with van der Waals surface area (Å²) in [6.45, 7) is 0.649. The van der Waals surface area contributed by atoms with E-state index in [1.54, 1.807) is 36.4 Å². The van der Waals surface area contributed by atoms with Gasteiger partial charge in [-0.05, 0) is 36.4 Å². The highest BCUT2D eigenvalue weighted by molar-refractivity contribution is 9.10. The van der Waals surface area contributed by atoms with Crippen molar-refractivity contribution in [3.63, 3.8) is 0 Å². The molecule has 0 spiro atoms. The first-order valence-corrected chi connectivity index (χ1v) is 7.93. The number of amides is 2. The van der Waals surface area contributed by atoms with E-state index in [0.29, 0.717) is 24.4 Å². The molecule has 0 aliphatic rings. The van der Waals surface area contributed by atoms with Crippen LogP contribution in [0.4, 0.5) is 0 Å². The summed E-state index contributed by atoms with van der Waals surface area (Å²) in [5.74, 6) is 0.241. The second-order valence-corrected chi connectivity index (χ2v) is 5.63. The Morgan fingerprint density at radius 1 is 0.913 bits per heavy atom. The molecular formula is C17H17BrN2O3. The molecule has 0 atom stereocenters. The van der Waals surface area contributed by atoms with Crippen molar-refractivity contribution >= 4 is 27.7 Å². The average Bonchev–Trinajstić information content (AvgIpc) is 2.58. The zero-order chi connectivity index (χ0) is 16.5.